The summed E-state index contributed by atoms with van der Waals surface area (Å²) in [7, 11) is 1.56. The zero-order valence-corrected chi connectivity index (χ0v) is 16.7. The highest BCUT2D eigenvalue weighted by Gasteiger charge is 2.30. The second kappa shape index (κ2) is 7.03. The Labute approximate surface area is 176 Å². The van der Waals surface area contributed by atoms with Gasteiger partial charge in [0.05, 0.1) is 17.8 Å². The van der Waals surface area contributed by atoms with Crippen molar-refractivity contribution in [3.63, 3.8) is 0 Å². The van der Waals surface area contributed by atoms with Crippen molar-refractivity contribution in [3.8, 4) is 17.2 Å². The lowest BCUT2D eigenvalue weighted by Gasteiger charge is -2.26. The fourth-order valence-electron chi connectivity index (χ4n) is 3.87. The molecule has 2 heterocycles. The van der Waals surface area contributed by atoms with E-state index < -0.39 is 0 Å². The van der Waals surface area contributed by atoms with Gasteiger partial charge in [-0.3, -0.25) is 4.79 Å². The van der Waals surface area contributed by atoms with Crippen LogP contribution in [-0.2, 0) is 4.79 Å². The first-order valence-electron chi connectivity index (χ1n) is 9.36. The van der Waals surface area contributed by atoms with Gasteiger partial charge in [0.15, 0.2) is 0 Å². The highest BCUT2D eigenvalue weighted by molar-refractivity contribution is 6.32. The second-order valence-electron chi connectivity index (χ2n) is 7.10. The van der Waals surface area contributed by atoms with E-state index in [9.17, 15) is 9.90 Å². The number of ether oxygens (including phenoxy) is 1. The predicted molar refractivity (Wildman–Crippen MR) is 114 cm³/mol. The van der Waals surface area contributed by atoms with Gasteiger partial charge in [0.2, 0.25) is 5.91 Å². The van der Waals surface area contributed by atoms with Crippen molar-refractivity contribution in [1.29, 1.82) is 0 Å². The van der Waals surface area contributed by atoms with Crippen LogP contribution in [0.4, 0.5) is 5.69 Å². The summed E-state index contributed by atoms with van der Waals surface area (Å²) in [5.41, 5.74) is 4.50. The predicted octanol–water partition coefficient (Wildman–Crippen LogP) is 4.26. The molecule has 0 radical (unpaired) electrons. The standard InChI is InChI=1S/C22H17ClN4O3/c1-30-19-8-5-13(10-16(19)23)27-25-18-7-6-17-21(22(18)26-27)15(11-20(29)24-17)12-3-2-4-14(28)9-12/h2-10,15,28H,11H2,1H3,(H,24,29)/t15-/m1/s1. The maximum Gasteiger partial charge on any atom is 0.225 e. The van der Waals surface area contributed by atoms with Gasteiger partial charge in [-0.15, -0.1) is 10.2 Å². The van der Waals surface area contributed by atoms with Gasteiger partial charge < -0.3 is 15.2 Å². The van der Waals surface area contributed by atoms with Crippen LogP contribution in [0.15, 0.2) is 54.6 Å². The van der Waals surface area contributed by atoms with Crippen molar-refractivity contribution in [3.05, 3.63) is 70.7 Å². The number of fused-ring (bicyclic) bond motifs is 3. The van der Waals surface area contributed by atoms with Crippen molar-refractivity contribution >= 4 is 34.2 Å². The van der Waals surface area contributed by atoms with Crippen LogP contribution in [-0.4, -0.2) is 33.1 Å². The van der Waals surface area contributed by atoms with Gasteiger partial charge in [-0.05, 0) is 48.0 Å². The molecular weight excluding hydrogens is 404 g/mol. The molecule has 1 atom stereocenters. The van der Waals surface area contributed by atoms with E-state index in [4.69, 9.17) is 21.4 Å². The molecule has 0 saturated heterocycles. The molecule has 0 fully saturated rings. The molecule has 3 aromatic carbocycles. The molecule has 0 saturated carbocycles. The molecule has 1 amide bonds. The maximum absolute atomic E-state index is 12.3. The number of carbonyl (C=O) groups excluding carboxylic acids is 1. The Morgan fingerprint density at radius 2 is 2.03 bits per heavy atom. The number of hydrogen-bond donors (Lipinski definition) is 2. The minimum absolute atomic E-state index is 0.0791. The number of anilines is 1. The molecule has 150 valence electrons. The number of hydrogen-bond acceptors (Lipinski definition) is 5. The van der Waals surface area contributed by atoms with Crippen molar-refractivity contribution < 1.29 is 14.6 Å². The summed E-state index contributed by atoms with van der Waals surface area (Å²) in [6, 6.07) is 15.9. The minimum Gasteiger partial charge on any atom is -0.508 e. The van der Waals surface area contributed by atoms with E-state index in [0.717, 1.165) is 11.1 Å². The molecule has 1 aliphatic rings. The Balaban J connectivity index is 1.68. The zero-order valence-electron chi connectivity index (χ0n) is 16.0. The Morgan fingerprint density at radius 1 is 1.17 bits per heavy atom. The third kappa shape index (κ3) is 3.04. The molecule has 8 heteroatoms. The van der Waals surface area contributed by atoms with E-state index in [2.05, 4.69) is 10.4 Å². The molecule has 0 unspecified atom stereocenters. The number of rotatable bonds is 3. The molecule has 30 heavy (non-hydrogen) atoms. The summed E-state index contributed by atoms with van der Waals surface area (Å²) in [6.07, 6.45) is 0.261. The largest absolute Gasteiger partial charge is 0.508 e. The van der Waals surface area contributed by atoms with Crippen LogP contribution >= 0.6 is 11.6 Å². The smallest absolute Gasteiger partial charge is 0.225 e. The summed E-state index contributed by atoms with van der Waals surface area (Å²) in [6.45, 7) is 0. The van der Waals surface area contributed by atoms with Gasteiger partial charge in [-0.2, -0.15) is 4.80 Å². The van der Waals surface area contributed by atoms with E-state index in [-0.39, 0.29) is 24.0 Å². The number of amides is 1. The fraction of sp³-hybridized carbons (Fsp3) is 0.136. The van der Waals surface area contributed by atoms with E-state index in [0.29, 0.717) is 33.2 Å². The summed E-state index contributed by atoms with van der Waals surface area (Å²) in [5, 5.41) is 22.6. The third-order valence-corrected chi connectivity index (χ3v) is 5.54. The summed E-state index contributed by atoms with van der Waals surface area (Å²) in [5.74, 6) is 0.406. The van der Waals surface area contributed by atoms with Gasteiger partial charge in [-0.25, -0.2) is 0 Å². The van der Waals surface area contributed by atoms with Crippen LogP contribution in [0.3, 0.4) is 0 Å². The first kappa shape index (κ1) is 18.4. The number of methoxy groups -OCH3 is 1. The van der Waals surface area contributed by atoms with Crippen LogP contribution in [0.1, 0.15) is 23.5 Å². The number of phenolic OH excluding ortho intramolecular Hbond substituents is 1. The number of nitrogens with zero attached hydrogens (tertiary/aromatic N) is 3. The number of aromatic hydroxyl groups is 1. The zero-order chi connectivity index (χ0) is 20.8. The van der Waals surface area contributed by atoms with E-state index in [1.807, 2.05) is 24.3 Å². The molecule has 7 nitrogen and oxygen atoms in total. The summed E-state index contributed by atoms with van der Waals surface area (Å²) < 4.78 is 5.21. The normalized spacial score (nSPS) is 15.7. The minimum atomic E-state index is -0.242. The van der Waals surface area contributed by atoms with Crippen LogP contribution in [0.2, 0.25) is 5.02 Å². The molecule has 2 N–H and O–H groups in total. The average Bonchev–Trinajstić information content (AvgIpc) is 3.17. The van der Waals surface area contributed by atoms with E-state index >= 15 is 0 Å². The van der Waals surface area contributed by atoms with Crippen LogP contribution in [0.25, 0.3) is 16.7 Å². The van der Waals surface area contributed by atoms with Gasteiger partial charge in [-0.1, -0.05) is 23.7 Å². The first-order chi connectivity index (χ1) is 14.5. The lowest BCUT2D eigenvalue weighted by Crippen LogP contribution is -2.23. The van der Waals surface area contributed by atoms with Crippen molar-refractivity contribution in [2.75, 3.05) is 12.4 Å². The number of phenols is 1. The van der Waals surface area contributed by atoms with Crippen LogP contribution < -0.4 is 10.1 Å². The monoisotopic (exact) mass is 420 g/mol. The van der Waals surface area contributed by atoms with Gasteiger partial charge >= 0.3 is 0 Å². The Bertz CT molecular complexity index is 1300. The lowest BCUT2D eigenvalue weighted by molar-refractivity contribution is -0.116. The van der Waals surface area contributed by atoms with E-state index in [1.54, 1.807) is 37.4 Å². The molecule has 4 aromatic rings. The average molecular weight is 421 g/mol. The second-order valence-corrected chi connectivity index (χ2v) is 7.51. The Kier molecular flexibility index (Phi) is 4.33. The highest BCUT2D eigenvalue weighted by atomic mass is 35.5. The molecule has 0 spiro atoms. The Hall–Kier alpha value is -3.58. The summed E-state index contributed by atoms with van der Waals surface area (Å²) >= 11 is 6.26. The highest BCUT2D eigenvalue weighted by Crippen LogP contribution is 2.41. The van der Waals surface area contributed by atoms with Gasteiger partial charge in [0, 0.05) is 23.6 Å². The molecule has 0 bridgehead atoms. The molecule has 1 aromatic heterocycles. The number of benzene rings is 3. The fourth-order valence-corrected chi connectivity index (χ4v) is 4.13. The molecule has 1 aliphatic heterocycles. The number of halogens is 1. The first-order valence-corrected chi connectivity index (χ1v) is 9.74. The number of aromatic nitrogens is 3. The van der Waals surface area contributed by atoms with E-state index in [1.165, 1.54) is 4.80 Å². The Morgan fingerprint density at radius 3 is 2.80 bits per heavy atom. The number of nitrogens with one attached hydrogen (secondary N) is 1. The van der Waals surface area contributed by atoms with Crippen molar-refractivity contribution in [2.45, 2.75) is 12.3 Å². The number of carbonyl (C=O) groups is 1. The van der Waals surface area contributed by atoms with Gasteiger partial charge in [0.25, 0.3) is 0 Å². The molecule has 5 rings (SSSR count). The third-order valence-electron chi connectivity index (χ3n) is 5.24. The van der Waals surface area contributed by atoms with Crippen LogP contribution in [0.5, 0.6) is 11.5 Å². The van der Waals surface area contributed by atoms with Gasteiger partial charge in [0.1, 0.15) is 22.5 Å². The lowest BCUT2D eigenvalue weighted by atomic mass is 9.84. The topological polar surface area (TPSA) is 89.3 Å². The van der Waals surface area contributed by atoms with Crippen molar-refractivity contribution in [2.24, 2.45) is 0 Å². The summed E-state index contributed by atoms with van der Waals surface area (Å²) in [4.78, 5) is 13.8. The SMILES string of the molecule is COc1ccc(-n2nc3ccc4c(c3n2)[C@@H](c2cccc(O)c2)CC(=O)N4)cc1Cl. The molecular formula is C22H17ClN4O3. The van der Waals surface area contributed by atoms with Crippen molar-refractivity contribution in [1.82, 2.24) is 15.0 Å². The quantitative estimate of drug-likeness (QED) is 0.517. The van der Waals surface area contributed by atoms with Crippen LogP contribution in [0, 0.1) is 0 Å². The molecule has 0 aliphatic carbocycles. The maximum atomic E-state index is 12.3.